The van der Waals surface area contributed by atoms with Crippen LogP contribution >= 0.6 is 0 Å². The maximum atomic E-state index is 12.0. The van der Waals surface area contributed by atoms with Crippen molar-refractivity contribution in [2.24, 2.45) is 14.1 Å². The van der Waals surface area contributed by atoms with E-state index in [1.165, 1.54) is 0 Å². The molecule has 0 aliphatic rings. The molecule has 0 saturated heterocycles. The van der Waals surface area contributed by atoms with Gasteiger partial charge in [0.1, 0.15) is 0 Å². The molecule has 1 N–H and O–H groups in total. The first kappa shape index (κ1) is 14.3. The van der Waals surface area contributed by atoms with Crippen molar-refractivity contribution >= 4 is 28.1 Å². The normalized spacial score (nSPS) is 10.9. The van der Waals surface area contributed by atoms with E-state index in [1.807, 2.05) is 44.4 Å². The molecule has 5 heteroatoms. The van der Waals surface area contributed by atoms with Crippen LogP contribution in [0.25, 0.3) is 11.0 Å². The van der Waals surface area contributed by atoms with Crippen LogP contribution in [0, 0.1) is 0 Å². The predicted octanol–water partition coefficient (Wildman–Crippen LogP) is 2.69. The molecule has 0 saturated carbocycles. The van der Waals surface area contributed by atoms with Crippen molar-refractivity contribution in [1.82, 2.24) is 9.13 Å². The van der Waals surface area contributed by atoms with Crippen molar-refractivity contribution in [2.45, 2.75) is 0 Å². The monoisotopic (exact) mass is 296 g/mol. The number of anilines is 3. The first-order valence-electron chi connectivity index (χ1n) is 7.17. The third-order valence-corrected chi connectivity index (χ3v) is 3.92. The van der Waals surface area contributed by atoms with Gasteiger partial charge in [-0.3, -0.25) is 9.13 Å². The second-order valence-corrected chi connectivity index (χ2v) is 5.67. The third-order valence-electron chi connectivity index (χ3n) is 3.92. The summed E-state index contributed by atoms with van der Waals surface area (Å²) in [6, 6.07) is 14.2. The molecule has 0 radical (unpaired) electrons. The van der Waals surface area contributed by atoms with Crippen LogP contribution in [-0.4, -0.2) is 23.2 Å². The van der Waals surface area contributed by atoms with Crippen LogP contribution in [0.2, 0.25) is 0 Å². The Morgan fingerprint density at radius 1 is 0.909 bits per heavy atom. The quantitative estimate of drug-likeness (QED) is 0.808. The molecule has 5 nitrogen and oxygen atoms in total. The number of hydrogen-bond acceptors (Lipinski definition) is 3. The lowest BCUT2D eigenvalue weighted by atomic mass is 10.2. The molecule has 0 amide bonds. The van der Waals surface area contributed by atoms with Crippen LogP contribution < -0.4 is 15.9 Å². The van der Waals surface area contributed by atoms with Crippen LogP contribution in [0.1, 0.15) is 0 Å². The molecule has 0 aliphatic heterocycles. The molecule has 22 heavy (non-hydrogen) atoms. The highest BCUT2D eigenvalue weighted by Gasteiger charge is 2.08. The lowest BCUT2D eigenvalue weighted by molar-refractivity contribution is 0.795. The van der Waals surface area contributed by atoms with Gasteiger partial charge in [-0.05, 0) is 36.4 Å². The van der Waals surface area contributed by atoms with Gasteiger partial charge in [-0.15, -0.1) is 0 Å². The van der Waals surface area contributed by atoms with Crippen molar-refractivity contribution in [2.75, 3.05) is 24.3 Å². The summed E-state index contributed by atoms with van der Waals surface area (Å²) < 4.78 is 3.32. The molecule has 1 aromatic heterocycles. The number of fused-ring (bicyclic) bond motifs is 1. The summed E-state index contributed by atoms with van der Waals surface area (Å²) in [5, 5.41) is 3.40. The third kappa shape index (κ3) is 2.35. The number of nitrogens with zero attached hydrogens (tertiary/aromatic N) is 3. The Balaban J connectivity index is 1.99. The molecular weight excluding hydrogens is 276 g/mol. The number of imidazole rings is 1. The zero-order chi connectivity index (χ0) is 15.9. The Morgan fingerprint density at radius 3 is 2.32 bits per heavy atom. The lowest BCUT2D eigenvalue weighted by Gasteiger charge is -2.14. The molecule has 0 spiro atoms. The summed E-state index contributed by atoms with van der Waals surface area (Å²) in [4.78, 5) is 14.0. The Kier molecular flexibility index (Phi) is 3.41. The zero-order valence-electron chi connectivity index (χ0n) is 13.3. The van der Waals surface area contributed by atoms with E-state index < -0.39 is 0 Å². The molecule has 3 aromatic rings. The summed E-state index contributed by atoms with van der Waals surface area (Å²) in [5.41, 5.74) is 4.96. The molecule has 3 rings (SSSR count). The fraction of sp³-hybridized carbons (Fsp3) is 0.235. The average Bonchev–Trinajstić information content (AvgIpc) is 2.72. The van der Waals surface area contributed by atoms with Crippen LogP contribution in [0.5, 0.6) is 0 Å². The van der Waals surface area contributed by atoms with E-state index in [0.29, 0.717) is 0 Å². The Labute approximate surface area is 129 Å². The SMILES string of the molecule is CN(C)c1cccc(Nc2ccc3c(c2)n(C)c(=O)n3C)c1. The largest absolute Gasteiger partial charge is 0.378 e. The predicted molar refractivity (Wildman–Crippen MR) is 92.2 cm³/mol. The Bertz CT molecular complexity index is 889. The van der Waals surface area contributed by atoms with Crippen LogP contribution in [0.3, 0.4) is 0 Å². The molecular formula is C17H20N4O. The van der Waals surface area contributed by atoms with Gasteiger partial charge in [-0.1, -0.05) is 6.07 Å². The first-order chi connectivity index (χ1) is 10.5. The summed E-state index contributed by atoms with van der Waals surface area (Å²) >= 11 is 0. The smallest absolute Gasteiger partial charge is 0.328 e. The van der Waals surface area contributed by atoms with Gasteiger partial charge in [0.15, 0.2) is 0 Å². The number of hydrogen-bond donors (Lipinski definition) is 1. The fourth-order valence-electron chi connectivity index (χ4n) is 2.61. The van der Waals surface area contributed by atoms with Gasteiger partial charge < -0.3 is 10.2 Å². The van der Waals surface area contributed by atoms with Gasteiger partial charge >= 0.3 is 5.69 Å². The molecule has 0 fully saturated rings. The van der Waals surface area contributed by atoms with Gasteiger partial charge in [0, 0.05) is 45.3 Å². The molecule has 114 valence electrons. The molecule has 2 aromatic carbocycles. The van der Waals surface area contributed by atoms with Gasteiger partial charge in [-0.2, -0.15) is 0 Å². The van der Waals surface area contributed by atoms with Crippen molar-refractivity contribution in [3.8, 4) is 0 Å². The van der Waals surface area contributed by atoms with Crippen LogP contribution in [-0.2, 0) is 14.1 Å². The number of aryl methyl sites for hydroxylation is 2. The number of nitrogens with one attached hydrogen (secondary N) is 1. The lowest BCUT2D eigenvalue weighted by Crippen LogP contribution is -2.19. The maximum Gasteiger partial charge on any atom is 0.328 e. The van der Waals surface area contributed by atoms with Crippen molar-refractivity contribution < 1.29 is 0 Å². The maximum absolute atomic E-state index is 12.0. The van der Waals surface area contributed by atoms with Gasteiger partial charge in [0.2, 0.25) is 0 Å². The average molecular weight is 296 g/mol. The van der Waals surface area contributed by atoms with E-state index in [-0.39, 0.29) is 5.69 Å². The Morgan fingerprint density at radius 2 is 1.59 bits per heavy atom. The summed E-state index contributed by atoms with van der Waals surface area (Å²) in [5.74, 6) is 0. The Hall–Kier alpha value is -2.69. The number of rotatable bonds is 3. The highest BCUT2D eigenvalue weighted by atomic mass is 16.1. The van der Waals surface area contributed by atoms with Crippen molar-refractivity contribution in [3.05, 3.63) is 52.9 Å². The highest BCUT2D eigenvalue weighted by Crippen LogP contribution is 2.24. The van der Waals surface area contributed by atoms with E-state index in [9.17, 15) is 4.79 Å². The van der Waals surface area contributed by atoms with Crippen LogP contribution in [0.15, 0.2) is 47.3 Å². The van der Waals surface area contributed by atoms with Gasteiger partial charge in [0.25, 0.3) is 0 Å². The standard InChI is InChI=1S/C17H20N4O/c1-19(2)14-7-5-6-12(10-14)18-13-8-9-15-16(11-13)21(4)17(22)20(15)3/h5-11,18H,1-4H3. The van der Waals surface area contributed by atoms with Crippen molar-refractivity contribution in [1.29, 1.82) is 0 Å². The van der Waals surface area contributed by atoms with Gasteiger partial charge in [-0.25, -0.2) is 4.79 Å². The molecule has 1 heterocycles. The van der Waals surface area contributed by atoms with E-state index in [4.69, 9.17) is 0 Å². The molecule has 0 atom stereocenters. The molecule has 0 unspecified atom stereocenters. The van der Waals surface area contributed by atoms with Crippen molar-refractivity contribution in [3.63, 3.8) is 0 Å². The molecule has 0 bridgehead atoms. The minimum atomic E-state index is -0.0123. The first-order valence-corrected chi connectivity index (χ1v) is 7.17. The minimum Gasteiger partial charge on any atom is -0.378 e. The second-order valence-electron chi connectivity index (χ2n) is 5.67. The molecule has 0 aliphatic carbocycles. The fourth-order valence-corrected chi connectivity index (χ4v) is 2.61. The second kappa shape index (κ2) is 5.26. The van der Waals surface area contributed by atoms with E-state index in [2.05, 4.69) is 22.3 Å². The minimum absolute atomic E-state index is 0.0123. The summed E-state index contributed by atoms with van der Waals surface area (Å²) in [6.45, 7) is 0. The van der Waals surface area contributed by atoms with E-state index >= 15 is 0 Å². The van der Waals surface area contributed by atoms with Gasteiger partial charge in [0.05, 0.1) is 11.0 Å². The van der Waals surface area contributed by atoms with E-state index in [1.54, 1.807) is 23.2 Å². The number of benzene rings is 2. The topological polar surface area (TPSA) is 42.2 Å². The van der Waals surface area contributed by atoms with Crippen LogP contribution in [0.4, 0.5) is 17.1 Å². The summed E-state index contributed by atoms with van der Waals surface area (Å²) in [7, 11) is 7.62. The zero-order valence-corrected chi connectivity index (χ0v) is 13.3. The summed E-state index contributed by atoms with van der Waals surface area (Å²) in [6.07, 6.45) is 0. The van der Waals surface area contributed by atoms with E-state index in [0.717, 1.165) is 28.1 Å². The highest BCUT2D eigenvalue weighted by molar-refractivity contribution is 5.81. The number of aromatic nitrogens is 2.